The van der Waals surface area contributed by atoms with Crippen molar-refractivity contribution in [2.24, 2.45) is 0 Å². The van der Waals surface area contributed by atoms with Gasteiger partial charge in [0.1, 0.15) is 5.78 Å². The Morgan fingerprint density at radius 1 is 0.765 bits per heavy atom. The van der Waals surface area contributed by atoms with Gasteiger partial charge < -0.3 is 15.0 Å². The maximum atomic E-state index is 9.44. The number of Topliss-reactive ketones (excluding diaryl/α,β-unsaturated/α-hetero) is 1. The smallest absolute Gasteiger partial charge is 0.300 e. The standard InChI is InChI=1S/C6H6.C3H6O.C2H4O2.CH4O.Y/c1-2-4-6-5-3-1;1-3(2)4;1-2(3)4;1-2;/h1-6H;1-2H3;1H3,(H,3,4);2H,1H3;. The van der Waals surface area contributed by atoms with Gasteiger partial charge in [-0.2, -0.15) is 0 Å². The van der Waals surface area contributed by atoms with E-state index in [1.54, 1.807) is 0 Å². The molecule has 1 rings (SSSR count). The predicted octanol–water partition coefficient (Wildman–Crippen LogP) is 1.98. The van der Waals surface area contributed by atoms with Gasteiger partial charge in [-0.25, -0.2) is 0 Å². The largest absolute Gasteiger partial charge is 0.481 e. The average molecular weight is 317 g/mol. The van der Waals surface area contributed by atoms with Crippen molar-refractivity contribution < 1.29 is 52.5 Å². The van der Waals surface area contributed by atoms with E-state index in [1.165, 1.54) is 13.8 Å². The van der Waals surface area contributed by atoms with Crippen molar-refractivity contribution >= 4 is 11.8 Å². The van der Waals surface area contributed by atoms with Gasteiger partial charge in [-0.1, -0.05) is 36.4 Å². The van der Waals surface area contributed by atoms with Crippen LogP contribution in [0.5, 0.6) is 0 Å². The van der Waals surface area contributed by atoms with Crippen molar-refractivity contribution in [1.29, 1.82) is 0 Å². The fourth-order valence-electron chi connectivity index (χ4n) is 0.385. The molecule has 17 heavy (non-hydrogen) atoms. The molecule has 0 amide bonds. The van der Waals surface area contributed by atoms with E-state index in [1.807, 2.05) is 36.4 Å². The quantitative estimate of drug-likeness (QED) is 0.767. The predicted molar refractivity (Wildman–Crippen MR) is 64.2 cm³/mol. The summed E-state index contributed by atoms with van der Waals surface area (Å²) in [6, 6.07) is 12.0. The molecule has 0 aliphatic heterocycles. The summed E-state index contributed by atoms with van der Waals surface area (Å²) in [5.74, 6) is -0.667. The minimum absolute atomic E-state index is 0. The summed E-state index contributed by atoms with van der Waals surface area (Å²) in [5, 5.41) is 14.4. The van der Waals surface area contributed by atoms with Crippen molar-refractivity contribution in [3.05, 3.63) is 36.4 Å². The Morgan fingerprint density at radius 2 is 0.824 bits per heavy atom. The van der Waals surface area contributed by atoms with Crippen molar-refractivity contribution in [2.75, 3.05) is 7.11 Å². The monoisotopic (exact) mass is 317 g/mol. The van der Waals surface area contributed by atoms with E-state index in [4.69, 9.17) is 15.0 Å². The minimum Gasteiger partial charge on any atom is -0.481 e. The van der Waals surface area contributed by atoms with Crippen LogP contribution in [0.3, 0.4) is 0 Å². The van der Waals surface area contributed by atoms with Gasteiger partial charge in [0.2, 0.25) is 0 Å². The van der Waals surface area contributed by atoms with Crippen LogP contribution in [0.15, 0.2) is 36.4 Å². The van der Waals surface area contributed by atoms with E-state index in [0.717, 1.165) is 14.0 Å². The van der Waals surface area contributed by atoms with E-state index in [-0.39, 0.29) is 38.5 Å². The maximum Gasteiger partial charge on any atom is 0.300 e. The molecule has 0 saturated heterocycles. The number of carboxylic acid groups (broad SMARTS) is 1. The van der Waals surface area contributed by atoms with E-state index >= 15 is 0 Å². The molecule has 2 N–H and O–H groups in total. The number of carbonyl (C=O) groups is 2. The first kappa shape index (κ1) is 25.3. The van der Waals surface area contributed by atoms with Gasteiger partial charge in [-0.05, 0) is 13.8 Å². The van der Waals surface area contributed by atoms with Gasteiger partial charge >= 0.3 is 0 Å². The van der Waals surface area contributed by atoms with Crippen LogP contribution < -0.4 is 0 Å². The Bertz CT molecular complexity index is 203. The number of benzene rings is 1. The van der Waals surface area contributed by atoms with E-state index in [9.17, 15) is 4.79 Å². The topological polar surface area (TPSA) is 74.6 Å². The first-order valence-electron chi connectivity index (χ1n) is 4.58. The average Bonchev–Trinajstić information content (AvgIpc) is 2.22. The zero-order valence-corrected chi connectivity index (χ0v) is 13.6. The van der Waals surface area contributed by atoms with Gasteiger partial charge in [-0.15, -0.1) is 0 Å². The number of ketones is 1. The Labute approximate surface area is 128 Å². The van der Waals surface area contributed by atoms with Gasteiger partial charge in [0, 0.05) is 46.7 Å². The third-order valence-electron chi connectivity index (χ3n) is 0.667. The van der Waals surface area contributed by atoms with Crippen LogP contribution in [-0.4, -0.2) is 29.1 Å². The molecule has 4 nitrogen and oxygen atoms in total. The summed E-state index contributed by atoms with van der Waals surface area (Å²) in [7, 11) is 1.00. The molecule has 1 radical (unpaired) electrons. The number of carboxylic acids is 1. The number of aliphatic hydroxyl groups is 1. The molecule has 0 aliphatic rings. The Kier molecular flexibility index (Phi) is 36.6. The summed E-state index contributed by atoms with van der Waals surface area (Å²) in [4.78, 5) is 18.4. The van der Waals surface area contributed by atoms with Crippen molar-refractivity contribution in [2.45, 2.75) is 20.8 Å². The van der Waals surface area contributed by atoms with Crippen LogP contribution >= 0.6 is 0 Å². The molecular weight excluding hydrogens is 297 g/mol. The molecule has 1 aromatic carbocycles. The third-order valence-corrected chi connectivity index (χ3v) is 0.667. The van der Waals surface area contributed by atoms with Crippen LogP contribution in [0.4, 0.5) is 0 Å². The summed E-state index contributed by atoms with van der Waals surface area (Å²) in [6.45, 7) is 4.14. The van der Waals surface area contributed by atoms with Crippen LogP contribution in [0.25, 0.3) is 0 Å². The second-order valence-electron chi connectivity index (χ2n) is 2.58. The summed E-state index contributed by atoms with van der Waals surface area (Å²) >= 11 is 0. The van der Waals surface area contributed by atoms with Crippen LogP contribution in [0, 0.1) is 0 Å². The third kappa shape index (κ3) is 94.5. The summed E-state index contributed by atoms with van der Waals surface area (Å²) < 4.78 is 0. The van der Waals surface area contributed by atoms with Crippen molar-refractivity contribution in [3.8, 4) is 0 Å². The zero-order chi connectivity index (χ0) is 13.4. The van der Waals surface area contributed by atoms with Crippen molar-refractivity contribution in [1.82, 2.24) is 0 Å². The van der Waals surface area contributed by atoms with Gasteiger partial charge in [0.25, 0.3) is 5.97 Å². The van der Waals surface area contributed by atoms with E-state index < -0.39 is 5.97 Å². The van der Waals surface area contributed by atoms with E-state index in [2.05, 4.69) is 0 Å². The number of carbonyl (C=O) groups excluding carboxylic acids is 1. The Balaban J connectivity index is -0.0000000698. The normalized spacial score (nSPS) is 6.18. The molecule has 0 fully saturated rings. The van der Waals surface area contributed by atoms with E-state index in [0.29, 0.717) is 0 Å². The molecule has 0 aromatic heterocycles. The van der Waals surface area contributed by atoms with Gasteiger partial charge in [0.05, 0.1) is 0 Å². The molecule has 1 aromatic rings. The second-order valence-corrected chi connectivity index (χ2v) is 2.58. The molecule has 0 saturated carbocycles. The number of hydrogen-bond acceptors (Lipinski definition) is 3. The molecule has 5 heteroatoms. The molecular formula is C12H20O4Y. The molecule has 0 spiro atoms. The van der Waals surface area contributed by atoms with Crippen LogP contribution in [0.1, 0.15) is 20.8 Å². The first-order chi connectivity index (χ1) is 7.46. The molecule has 0 unspecified atom stereocenters. The Morgan fingerprint density at radius 3 is 0.882 bits per heavy atom. The SMILES string of the molecule is CC(=O)O.CC(C)=O.CO.[Y].c1ccccc1. The number of aliphatic hydroxyl groups excluding tert-OH is 1. The van der Waals surface area contributed by atoms with Crippen molar-refractivity contribution in [3.63, 3.8) is 0 Å². The molecule has 0 aliphatic carbocycles. The van der Waals surface area contributed by atoms with Gasteiger partial charge in [-0.3, -0.25) is 4.79 Å². The maximum absolute atomic E-state index is 9.44. The molecule has 0 atom stereocenters. The fourth-order valence-corrected chi connectivity index (χ4v) is 0.385. The van der Waals surface area contributed by atoms with Gasteiger partial charge in [0.15, 0.2) is 0 Å². The minimum atomic E-state index is -0.833. The first-order valence-corrected chi connectivity index (χ1v) is 4.58. The number of aliphatic carboxylic acids is 1. The Hall–Kier alpha value is -0.576. The zero-order valence-electron chi connectivity index (χ0n) is 10.8. The summed E-state index contributed by atoms with van der Waals surface area (Å²) in [5.41, 5.74) is 0. The number of hydrogen-bond donors (Lipinski definition) is 2. The molecule has 0 bridgehead atoms. The number of rotatable bonds is 0. The second kappa shape index (κ2) is 24.6. The fraction of sp³-hybridized carbons (Fsp3) is 0.333. The molecule has 95 valence electrons. The van der Waals surface area contributed by atoms with Crippen LogP contribution in [0.2, 0.25) is 0 Å². The summed E-state index contributed by atoms with van der Waals surface area (Å²) in [6.07, 6.45) is 0. The molecule has 0 heterocycles. The van der Waals surface area contributed by atoms with Crippen LogP contribution in [-0.2, 0) is 42.3 Å².